The predicted molar refractivity (Wildman–Crippen MR) is 96.0 cm³/mol. The Bertz CT molecular complexity index is 925. The molecule has 128 valence electrons. The van der Waals surface area contributed by atoms with E-state index in [1.807, 2.05) is 6.92 Å². The number of hydrogen-bond donors (Lipinski definition) is 1. The summed E-state index contributed by atoms with van der Waals surface area (Å²) < 4.78 is 26.2. The summed E-state index contributed by atoms with van der Waals surface area (Å²) in [5.74, 6) is -1.10. The van der Waals surface area contributed by atoms with Crippen molar-refractivity contribution in [2.24, 2.45) is 0 Å². The van der Waals surface area contributed by atoms with E-state index in [-0.39, 0.29) is 23.2 Å². The third-order valence-electron chi connectivity index (χ3n) is 3.45. The molecule has 0 aliphatic carbocycles. The van der Waals surface area contributed by atoms with Crippen molar-refractivity contribution < 1.29 is 13.6 Å². The number of amides is 1. The molecule has 7 heteroatoms. The highest BCUT2D eigenvalue weighted by atomic mass is 35.5. The van der Waals surface area contributed by atoms with Crippen LogP contribution < -0.4 is 5.32 Å². The van der Waals surface area contributed by atoms with Gasteiger partial charge in [0.05, 0.1) is 27.8 Å². The van der Waals surface area contributed by atoms with E-state index in [0.717, 1.165) is 21.5 Å². The maximum absolute atomic E-state index is 13.1. The minimum Gasteiger partial charge on any atom is -0.324 e. The van der Waals surface area contributed by atoms with Gasteiger partial charge in [-0.3, -0.25) is 4.79 Å². The standard InChI is InChI=1S/C18H13ClF2N2OS/c1-10-22-18(11-2-4-12(20)5-3-11)16(25-10)9-17(24)23-15-7-6-13(21)8-14(15)19/h2-8H,9H2,1H3,(H,23,24). The molecule has 3 rings (SSSR count). The van der Waals surface area contributed by atoms with Crippen molar-refractivity contribution in [1.82, 2.24) is 4.98 Å². The lowest BCUT2D eigenvalue weighted by Gasteiger charge is -2.07. The Balaban J connectivity index is 1.81. The van der Waals surface area contributed by atoms with Crippen molar-refractivity contribution in [3.05, 3.63) is 69.0 Å². The molecule has 0 unspecified atom stereocenters. The van der Waals surface area contributed by atoms with Gasteiger partial charge < -0.3 is 5.32 Å². The van der Waals surface area contributed by atoms with Crippen molar-refractivity contribution >= 4 is 34.5 Å². The molecule has 1 heterocycles. The number of aryl methyl sites for hydroxylation is 1. The topological polar surface area (TPSA) is 42.0 Å². The lowest BCUT2D eigenvalue weighted by Crippen LogP contribution is -2.14. The van der Waals surface area contributed by atoms with Crippen LogP contribution in [-0.2, 0) is 11.2 Å². The fourth-order valence-electron chi connectivity index (χ4n) is 2.35. The molecule has 2 aromatic carbocycles. The molecule has 1 N–H and O–H groups in total. The molecular formula is C18H13ClF2N2OS. The van der Waals surface area contributed by atoms with E-state index < -0.39 is 5.82 Å². The van der Waals surface area contributed by atoms with E-state index in [1.165, 1.54) is 35.6 Å². The van der Waals surface area contributed by atoms with Gasteiger partial charge in [-0.1, -0.05) is 11.6 Å². The molecule has 1 amide bonds. The van der Waals surface area contributed by atoms with Crippen LogP contribution in [0.1, 0.15) is 9.88 Å². The summed E-state index contributed by atoms with van der Waals surface area (Å²) in [4.78, 5) is 17.5. The summed E-state index contributed by atoms with van der Waals surface area (Å²) in [7, 11) is 0. The lowest BCUT2D eigenvalue weighted by molar-refractivity contribution is -0.115. The molecule has 0 fully saturated rings. The fraction of sp³-hybridized carbons (Fsp3) is 0.111. The molecule has 0 aliphatic rings. The monoisotopic (exact) mass is 378 g/mol. The van der Waals surface area contributed by atoms with Crippen LogP contribution in [-0.4, -0.2) is 10.9 Å². The van der Waals surface area contributed by atoms with Crippen LogP contribution >= 0.6 is 22.9 Å². The van der Waals surface area contributed by atoms with E-state index in [9.17, 15) is 13.6 Å². The average Bonchev–Trinajstić information content (AvgIpc) is 2.91. The predicted octanol–water partition coefficient (Wildman–Crippen LogP) is 5.23. The summed E-state index contributed by atoms with van der Waals surface area (Å²) in [6.07, 6.45) is 0.0892. The SMILES string of the molecule is Cc1nc(-c2ccc(F)cc2)c(CC(=O)Nc2ccc(F)cc2Cl)s1. The normalized spacial score (nSPS) is 10.7. The van der Waals surface area contributed by atoms with Crippen molar-refractivity contribution in [2.75, 3.05) is 5.32 Å². The number of aromatic nitrogens is 1. The van der Waals surface area contributed by atoms with Crippen LogP contribution in [0.4, 0.5) is 14.5 Å². The second-order valence-electron chi connectivity index (χ2n) is 5.36. The Hall–Kier alpha value is -2.31. The van der Waals surface area contributed by atoms with Crippen LogP contribution in [0.25, 0.3) is 11.3 Å². The highest BCUT2D eigenvalue weighted by molar-refractivity contribution is 7.12. The number of anilines is 1. The second kappa shape index (κ2) is 7.29. The summed E-state index contributed by atoms with van der Waals surface area (Å²) >= 11 is 7.32. The minimum absolute atomic E-state index is 0.0892. The number of thiazole rings is 1. The minimum atomic E-state index is -0.473. The Morgan fingerprint density at radius 2 is 1.84 bits per heavy atom. The van der Waals surface area contributed by atoms with Crippen molar-refractivity contribution in [3.8, 4) is 11.3 Å². The maximum atomic E-state index is 13.1. The van der Waals surface area contributed by atoms with Gasteiger partial charge in [-0.25, -0.2) is 13.8 Å². The van der Waals surface area contributed by atoms with Gasteiger partial charge in [0.25, 0.3) is 0 Å². The first-order valence-corrected chi connectivity index (χ1v) is 8.59. The third-order valence-corrected chi connectivity index (χ3v) is 4.73. The van der Waals surface area contributed by atoms with Gasteiger partial charge in [0.15, 0.2) is 0 Å². The molecule has 3 aromatic rings. The first kappa shape index (κ1) is 17.5. The lowest BCUT2D eigenvalue weighted by atomic mass is 10.1. The Kier molecular flexibility index (Phi) is 5.11. The quantitative estimate of drug-likeness (QED) is 0.675. The largest absolute Gasteiger partial charge is 0.324 e. The van der Waals surface area contributed by atoms with Gasteiger partial charge in [-0.2, -0.15) is 0 Å². The molecule has 0 bridgehead atoms. The number of benzene rings is 2. The van der Waals surface area contributed by atoms with Gasteiger partial charge in [0.1, 0.15) is 11.6 Å². The second-order valence-corrected chi connectivity index (χ2v) is 7.06. The molecule has 0 spiro atoms. The Morgan fingerprint density at radius 1 is 1.16 bits per heavy atom. The van der Waals surface area contributed by atoms with Crippen LogP contribution in [0.15, 0.2) is 42.5 Å². The van der Waals surface area contributed by atoms with Gasteiger partial charge in [-0.05, 0) is 49.4 Å². The zero-order valence-corrected chi connectivity index (χ0v) is 14.7. The fourth-order valence-corrected chi connectivity index (χ4v) is 3.52. The Labute approximate surface area is 152 Å². The number of carbonyl (C=O) groups excluding carboxylic acids is 1. The molecule has 0 radical (unpaired) electrons. The van der Waals surface area contributed by atoms with Crippen molar-refractivity contribution in [3.63, 3.8) is 0 Å². The van der Waals surface area contributed by atoms with Crippen LogP contribution in [0.3, 0.4) is 0 Å². The number of nitrogens with one attached hydrogen (secondary N) is 1. The molecule has 3 nitrogen and oxygen atoms in total. The maximum Gasteiger partial charge on any atom is 0.229 e. The average molecular weight is 379 g/mol. The molecular weight excluding hydrogens is 366 g/mol. The Morgan fingerprint density at radius 3 is 2.52 bits per heavy atom. The van der Waals surface area contributed by atoms with Gasteiger partial charge in [-0.15, -0.1) is 11.3 Å². The van der Waals surface area contributed by atoms with Crippen LogP contribution in [0.2, 0.25) is 5.02 Å². The zero-order valence-electron chi connectivity index (χ0n) is 13.1. The van der Waals surface area contributed by atoms with Crippen molar-refractivity contribution in [1.29, 1.82) is 0 Å². The highest BCUT2D eigenvalue weighted by Crippen LogP contribution is 2.29. The van der Waals surface area contributed by atoms with Gasteiger partial charge in [0.2, 0.25) is 5.91 Å². The summed E-state index contributed by atoms with van der Waals surface area (Å²) in [6.45, 7) is 1.84. The van der Waals surface area contributed by atoms with E-state index in [2.05, 4.69) is 10.3 Å². The third kappa shape index (κ3) is 4.21. The first-order valence-electron chi connectivity index (χ1n) is 7.39. The smallest absolute Gasteiger partial charge is 0.229 e. The van der Waals surface area contributed by atoms with E-state index >= 15 is 0 Å². The number of halogens is 3. The van der Waals surface area contributed by atoms with Crippen LogP contribution in [0.5, 0.6) is 0 Å². The number of rotatable bonds is 4. The number of hydrogen-bond acceptors (Lipinski definition) is 3. The molecule has 1 aromatic heterocycles. The zero-order chi connectivity index (χ0) is 18.0. The first-order chi connectivity index (χ1) is 11.9. The molecule has 25 heavy (non-hydrogen) atoms. The summed E-state index contributed by atoms with van der Waals surface area (Å²) in [5, 5.41) is 3.60. The summed E-state index contributed by atoms with van der Waals surface area (Å²) in [6, 6.07) is 9.73. The molecule has 0 saturated carbocycles. The van der Waals surface area contributed by atoms with Crippen LogP contribution in [0, 0.1) is 18.6 Å². The molecule has 0 saturated heterocycles. The van der Waals surface area contributed by atoms with Gasteiger partial charge in [0, 0.05) is 10.4 Å². The molecule has 0 aliphatic heterocycles. The van der Waals surface area contributed by atoms with Gasteiger partial charge >= 0.3 is 0 Å². The highest BCUT2D eigenvalue weighted by Gasteiger charge is 2.16. The van der Waals surface area contributed by atoms with Crippen molar-refractivity contribution in [2.45, 2.75) is 13.3 Å². The number of nitrogens with zero attached hydrogens (tertiary/aromatic N) is 1. The number of carbonyl (C=O) groups is 1. The van der Waals surface area contributed by atoms with E-state index in [0.29, 0.717) is 11.4 Å². The van der Waals surface area contributed by atoms with E-state index in [4.69, 9.17) is 11.6 Å². The van der Waals surface area contributed by atoms with E-state index in [1.54, 1.807) is 12.1 Å². The molecule has 0 atom stereocenters. The summed E-state index contributed by atoms with van der Waals surface area (Å²) in [5.41, 5.74) is 1.74.